The van der Waals surface area contributed by atoms with Crippen LogP contribution in [0.25, 0.3) is 11.0 Å². The Kier molecular flexibility index (Phi) is 4.60. The molecule has 1 aliphatic rings. The van der Waals surface area contributed by atoms with Crippen molar-refractivity contribution in [3.63, 3.8) is 0 Å². The van der Waals surface area contributed by atoms with Gasteiger partial charge >= 0.3 is 11.6 Å². The van der Waals surface area contributed by atoms with E-state index in [0.717, 1.165) is 30.7 Å². The molecule has 1 heterocycles. The van der Waals surface area contributed by atoms with Crippen molar-refractivity contribution in [2.24, 2.45) is 0 Å². The zero-order chi connectivity index (χ0) is 19.8. The van der Waals surface area contributed by atoms with Crippen molar-refractivity contribution in [3.8, 4) is 0 Å². The summed E-state index contributed by atoms with van der Waals surface area (Å²) < 4.78 is 10.6. The summed E-state index contributed by atoms with van der Waals surface area (Å²) in [6, 6.07) is 8.66. The van der Waals surface area contributed by atoms with Crippen LogP contribution in [0.4, 0.5) is 5.69 Å². The third kappa shape index (κ3) is 3.36. The number of esters is 1. The van der Waals surface area contributed by atoms with Gasteiger partial charge in [0.15, 0.2) is 0 Å². The number of hydrogen-bond acceptors (Lipinski definition) is 6. The Bertz CT molecular complexity index is 1180. The van der Waals surface area contributed by atoms with Crippen LogP contribution < -0.4 is 5.63 Å². The summed E-state index contributed by atoms with van der Waals surface area (Å²) >= 11 is 5.96. The predicted molar refractivity (Wildman–Crippen MR) is 102 cm³/mol. The van der Waals surface area contributed by atoms with Crippen molar-refractivity contribution in [1.82, 2.24) is 0 Å². The Morgan fingerprint density at radius 1 is 1.18 bits per heavy atom. The van der Waals surface area contributed by atoms with Gasteiger partial charge in [-0.1, -0.05) is 11.6 Å². The van der Waals surface area contributed by atoms with Gasteiger partial charge in [-0.3, -0.25) is 10.1 Å². The average molecular weight is 400 g/mol. The van der Waals surface area contributed by atoms with Gasteiger partial charge in [0.25, 0.3) is 5.69 Å². The Morgan fingerprint density at radius 3 is 2.64 bits per heavy atom. The monoisotopic (exact) mass is 399 g/mol. The molecule has 0 N–H and O–H groups in total. The molecule has 142 valence electrons. The number of carbonyl (C=O) groups excluding carboxylic acids is 1. The number of ether oxygens (including phenoxy) is 1. The summed E-state index contributed by atoms with van der Waals surface area (Å²) in [6.45, 7) is -0.146. The highest BCUT2D eigenvalue weighted by atomic mass is 35.5. The molecule has 0 radical (unpaired) electrons. The Hall–Kier alpha value is -3.19. The van der Waals surface area contributed by atoms with Crippen molar-refractivity contribution in [2.45, 2.75) is 25.9 Å². The number of carbonyl (C=O) groups is 1. The van der Waals surface area contributed by atoms with E-state index in [1.165, 1.54) is 29.3 Å². The van der Waals surface area contributed by atoms with Crippen molar-refractivity contribution in [2.75, 3.05) is 0 Å². The molecule has 2 aromatic carbocycles. The minimum atomic E-state index is -0.734. The van der Waals surface area contributed by atoms with E-state index in [4.69, 9.17) is 20.8 Å². The van der Waals surface area contributed by atoms with Crippen LogP contribution >= 0.6 is 11.6 Å². The van der Waals surface area contributed by atoms with Crippen molar-refractivity contribution < 1.29 is 18.9 Å². The van der Waals surface area contributed by atoms with Crippen molar-refractivity contribution in [1.29, 1.82) is 0 Å². The zero-order valence-corrected chi connectivity index (χ0v) is 15.3. The van der Waals surface area contributed by atoms with Gasteiger partial charge in [-0.15, -0.1) is 0 Å². The molecule has 0 fully saturated rings. The molecule has 1 aromatic heterocycles. The van der Waals surface area contributed by atoms with E-state index in [-0.39, 0.29) is 22.9 Å². The van der Waals surface area contributed by atoms with Gasteiger partial charge in [-0.25, -0.2) is 9.59 Å². The number of rotatable bonds is 4. The van der Waals surface area contributed by atoms with E-state index < -0.39 is 16.5 Å². The van der Waals surface area contributed by atoms with Crippen molar-refractivity contribution >= 4 is 34.2 Å². The molecule has 4 rings (SSSR count). The molecule has 1 aliphatic carbocycles. The molecule has 0 amide bonds. The number of halogens is 1. The van der Waals surface area contributed by atoms with Gasteiger partial charge in [0, 0.05) is 29.1 Å². The number of nitro groups is 1. The smallest absolute Gasteiger partial charge is 0.339 e. The fourth-order valence-electron chi connectivity index (χ4n) is 3.42. The number of aryl methyl sites for hydroxylation is 2. The number of fused-ring (bicyclic) bond motifs is 2. The highest BCUT2D eigenvalue weighted by Gasteiger charge is 2.18. The molecule has 3 aromatic rings. The molecule has 0 saturated heterocycles. The molecular weight excluding hydrogens is 386 g/mol. The van der Waals surface area contributed by atoms with Crippen LogP contribution in [0.15, 0.2) is 45.6 Å². The van der Waals surface area contributed by atoms with Gasteiger partial charge < -0.3 is 9.15 Å². The van der Waals surface area contributed by atoms with Crippen LogP contribution in [0.2, 0.25) is 5.02 Å². The maximum Gasteiger partial charge on any atom is 0.339 e. The lowest BCUT2D eigenvalue weighted by molar-refractivity contribution is -0.384. The van der Waals surface area contributed by atoms with E-state index in [1.54, 1.807) is 0 Å². The third-order valence-electron chi connectivity index (χ3n) is 4.78. The summed E-state index contributed by atoms with van der Waals surface area (Å²) in [7, 11) is 0. The number of nitro benzene ring substituents is 1. The van der Waals surface area contributed by atoms with Crippen LogP contribution in [0.3, 0.4) is 0 Å². The Balaban J connectivity index is 1.61. The fraction of sp³-hybridized carbons (Fsp3) is 0.200. The maximum atomic E-state index is 12.4. The molecule has 28 heavy (non-hydrogen) atoms. The molecule has 0 spiro atoms. The normalized spacial score (nSPS) is 12.8. The first-order valence-corrected chi connectivity index (χ1v) is 9.00. The largest absolute Gasteiger partial charge is 0.457 e. The molecule has 0 unspecified atom stereocenters. The lowest BCUT2D eigenvalue weighted by Gasteiger charge is -2.09. The predicted octanol–water partition coefficient (Wildman–Crippen LogP) is 4.20. The number of benzene rings is 2. The van der Waals surface area contributed by atoms with E-state index in [2.05, 4.69) is 0 Å². The van der Waals surface area contributed by atoms with E-state index in [0.29, 0.717) is 11.1 Å². The third-order valence-corrected chi connectivity index (χ3v) is 5.10. The highest BCUT2D eigenvalue weighted by Crippen LogP contribution is 2.29. The van der Waals surface area contributed by atoms with Crippen LogP contribution in [-0.4, -0.2) is 10.9 Å². The van der Waals surface area contributed by atoms with Gasteiger partial charge in [-0.05, 0) is 48.6 Å². The van der Waals surface area contributed by atoms with Gasteiger partial charge in [0.05, 0.1) is 15.5 Å². The number of nitrogens with zero attached hydrogens (tertiary/aromatic N) is 1. The van der Waals surface area contributed by atoms with Gasteiger partial charge in [0.2, 0.25) is 0 Å². The zero-order valence-electron chi connectivity index (χ0n) is 14.6. The SMILES string of the molecule is O=C(OCc1cc(=O)oc2cc3c(cc12)CCC3)c1ccc([N+](=O)[O-])cc1Cl. The second kappa shape index (κ2) is 7.09. The molecule has 7 nitrogen and oxygen atoms in total. The summed E-state index contributed by atoms with van der Waals surface area (Å²) in [5, 5.41) is 11.4. The molecule has 0 saturated carbocycles. The summed E-state index contributed by atoms with van der Waals surface area (Å²) in [4.78, 5) is 34.4. The topological polar surface area (TPSA) is 99.7 Å². The molecule has 0 aliphatic heterocycles. The lowest BCUT2D eigenvalue weighted by atomic mass is 10.0. The Labute approximate surface area is 163 Å². The number of hydrogen-bond donors (Lipinski definition) is 0. The summed E-state index contributed by atoms with van der Waals surface area (Å²) in [5.74, 6) is -0.734. The first-order valence-electron chi connectivity index (χ1n) is 8.62. The van der Waals surface area contributed by atoms with Crippen LogP contribution in [0.1, 0.15) is 33.5 Å². The van der Waals surface area contributed by atoms with E-state index in [1.807, 2.05) is 12.1 Å². The minimum Gasteiger partial charge on any atom is -0.457 e. The van der Waals surface area contributed by atoms with Gasteiger partial charge in [0.1, 0.15) is 12.2 Å². The lowest BCUT2D eigenvalue weighted by Crippen LogP contribution is -2.09. The van der Waals surface area contributed by atoms with Crippen LogP contribution in [0.5, 0.6) is 0 Å². The molecule has 8 heteroatoms. The van der Waals surface area contributed by atoms with E-state index in [9.17, 15) is 19.7 Å². The fourth-order valence-corrected chi connectivity index (χ4v) is 3.67. The quantitative estimate of drug-likeness (QED) is 0.282. The molecule has 0 atom stereocenters. The molecule has 0 bridgehead atoms. The first kappa shape index (κ1) is 18.2. The number of non-ortho nitro benzene ring substituents is 1. The van der Waals surface area contributed by atoms with Crippen LogP contribution in [-0.2, 0) is 24.2 Å². The standard InChI is InChI=1S/C20H14ClNO6/c21-17-9-14(22(25)26)4-5-15(17)20(24)27-10-13-8-19(23)28-18-7-12-3-1-2-11(12)6-16(13)18/h4-9H,1-3,10H2. The van der Waals surface area contributed by atoms with Crippen LogP contribution in [0, 0.1) is 10.1 Å². The first-order chi connectivity index (χ1) is 13.4. The second-order valence-corrected chi connectivity index (χ2v) is 6.97. The van der Waals surface area contributed by atoms with Crippen molar-refractivity contribution in [3.05, 3.63) is 84.2 Å². The van der Waals surface area contributed by atoms with E-state index >= 15 is 0 Å². The summed E-state index contributed by atoms with van der Waals surface area (Å²) in [5.41, 5.74) is 2.64. The second-order valence-electron chi connectivity index (χ2n) is 6.56. The molecular formula is C20H14ClNO6. The highest BCUT2D eigenvalue weighted by molar-refractivity contribution is 6.33. The maximum absolute atomic E-state index is 12.4. The minimum absolute atomic E-state index is 0.0143. The average Bonchev–Trinajstić information content (AvgIpc) is 3.11. The Morgan fingerprint density at radius 2 is 1.93 bits per heavy atom. The van der Waals surface area contributed by atoms with Gasteiger partial charge in [-0.2, -0.15) is 0 Å². The summed E-state index contributed by atoms with van der Waals surface area (Å²) in [6.07, 6.45) is 2.97.